The van der Waals surface area contributed by atoms with Crippen LogP contribution in [0.15, 0.2) is 24.3 Å². The van der Waals surface area contributed by atoms with Gasteiger partial charge >= 0.3 is 0 Å². The summed E-state index contributed by atoms with van der Waals surface area (Å²) >= 11 is 0. The van der Waals surface area contributed by atoms with Gasteiger partial charge in [0.15, 0.2) is 0 Å². The summed E-state index contributed by atoms with van der Waals surface area (Å²) in [5.74, 6) is 0.540. The largest absolute Gasteiger partial charge is 0.348 e. The summed E-state index contributed by atoms with van der Waals surface area (Å²) < 4.78 is 0. The second kappa shape index (κ2) is 3.57. The number of allylic oxidation sites excluding steroid dienone is 3. The second-order valence-electron chi connectivity index (χ2n) is 3.39. The number of carbonyl (C=O) groups is 1. The third-order valence-electron chi connectivity index (χ3n) is 2.14. The molecule has 1 aliphatic rings. The fourth-order valence-corrected chi connectivity index (χ4v) is 1.32. The molecule has 0 spiro atoms. The number of rotatable bonds is 1. The van der Waals surface area contributed by atoms with Crippen molar-refractivity contribution in [3.63, 3.8) is 0 Å². The Balaban J connectivity index is 2.69. The Hall–Kier alpha value is -1.05. The van der Waals surface area contributed by atoms with E-state index in [9.17, 15) is 4.79 Å². The Morgan fingerprint density at radius 1 is 1.25 bits per heavy atom. The molecule has 1 aliphatic carbocycles. The highest BCUT2D eigenvalue weighted by molar-refractivity contribution is 5.80. The highest BCUT2D eigenvalue weighted by Gasteiger charge is 2.22. The van der Waals surface area contributed by atoms with E-state index < -0.39 is 0 Å². The predicted octanol–water partition coefficient (Wildman–Crippen LogP) is 1.45. The van der Waals surface area contributed by atoms with E-state index in [1.165, 1.54) is 0 Å². The zero-order valence-corrected chi connectivity index (χ0v) is 7.82. The zero-order valence-electron chi connectivity index (χ0n) is 7.82. The molecular weight excluding hydrogens is 150 g/mol. The molecule has 2 heteroatoms. The molecule has 0 aromatic carbocycles. The van der Waals surface area contributed by atoms with E-state index in [4.69, 9.17) is 0 Å². The monoisotopic (exact) mass is 165 g/mol. The molecule has 0 heterocycles. The quantitative estimate of drug-likeness (QED) is 0.576. The van der Waals surface area contributed by atoms with Crippen molar-refractivity contribution in [1.29, 1.82) is 0 Å². The van der Waals surface area contributed by atoms with Crippen LogP contribution in [0.4, 0.5) is 0 Å². The van der Waals surface area contributed by atoms with Gasteiger partial charge in [-0.1, -0.05) is 31.2 Å². The molecular formula is C10H15NO. The Labute approximate surface area is 73.6 Å². The Kier molecular flexibility index (Phi) is 2.69. The fraction of sp³-hybridized carbons (Fsp3) is 0.500. The molecule has 12 heavy (non-hydrogen) atoms. The van der Waals surface area contributed by atoms with Gasteiger partial charge in [0.1, 0.15) is 0 Å². The minimum atomic E-state index is 0.0324. The average Bonchev–Trinajstić information content (AvgIpc) is 2.04. The van der Waals surface area contributed by atoms with Gasteiger partial charge in [-0.25, -0.2) is 0 Å². The number of amides is 1. The smallest absolute Gasteiger partial charge is 0.229 e. The van der Waals surface area contributed by atoms with Crippen LogP contribution in [-0.4, -0.2) is 24.9 Å². The maximum absolute atomic E-state index is 11.5. The molecule has 1 amide bonds. The SMILES string of the molecule is CC1C=CC=CC1C(=O)N(C)C. The zero-order chi connectivity index (χ0) is 9.14. The number of hydrogen-bond acceptors (Lipinski definition) is 1. The number of nitrogens with zero attached hydrogens (tertiary/aromatic N) is 1. The summed E-state index contributed by atoms with van der Waals surface area (Å²) in [5, 5.41) is 0. The van der Waals surface area contributed by atoms with Gasteiger partial charge in [0.2, 0.25) is 5.91 Å². The average molecular weight is 165 g/mol. The molecule has 0 fully saturated rings. The molecule has 2 nitrogen and oxygen atoms in total. The van der Waals surface area contributed by atoms with E-state index in [1.807, 2.05) is 18.2 Å². The summed E-state index contributed by atoms with van der Waals surface area (Å²) in [4.78, 5) is 13.2. The van der Waals surface area contributed by atoms with Crippen molar-refractivity contribution in [2.45, 2.75) is 6.92 Å². The molecule has 1 rings (SSSR count). The highest BCUT2D eigenvalue weighted by atomic mass is 16.2. The van der Waals surface area contributed by atoms with Gasteiger partial charge in [-0.05, 0) is 5.92 Å². The van der Waals surface area contributed by atoms with Crippen LogP contribution >= 0.6 is 0 Å². The van der Waals surface area contributed by atoms with Gasteiger partial charge in [-0.15, -0.1) is 0 Å². The van der Waals surface area contributed by atoms with Gasteiger partial charge in [0, 0.05) is 14.1 Å². The van der Waals surface area contributed by atoms with Gasteiger partial charge in [-0.2, -0.15) is 0 Å². The predicted molar refractivity (Wildman–Crippen MR) is 49.6 cm³/mol. The van der Waals surface area contributed by atoms with Gasteiger partial charge in [0.25, 0.3) is 0 Å². The van der Waals surface area contributed by atoms with Crippen LogP contribution in [0.1, 0.15) is 6.92 Å². The lowest BCUT2D eigenvalue weighted by atomic mass is 9.89. The van der Waals surface area contributed by atoms with E-state index in [-0.39, 0.29) is 11.8 Å². The third kappa shape index (κ3) is 1.76. The van der Waals surface area contributed by atoms with Crippen LogP contribution in [0, 0.1) is 11.8 Å². The minimum Gasteiger partial charge on any atom is -0.348 e. The van der Waals surface area contributed by atoms with Crippen LogP contribution in [0.3, 0.4) is 0 Å². The summed E-state index contributed by atoms with van der Waals surface area (Å²) in [6.07, 6.45) is 7.95. The number of carbonyl (C=O) groups excluding carboxylic acids is 1. The van der Waals surface area contributed by atoms with Crippen LogP contribution in [-0.2, 0) is 4.79 Å². The topological polar surface area (TPSA) is 20.3 Å². The molecule has 0 aromatic rings. The van der Waals surface area contributed by atoms with Crippen LogP contribution < -0.4 is 0 Å². The van der Waals surface area contributed by atoms with Gasteiger partial charge < -0.3 is 4.90 Å². The van der Waals surface area contributed by atoms with E-state index in [1.54, 1.807) is 19.0 Å². The van der Waals surface area contributed by atoms with Crippen molar-refractivity contribution in [2.75, 3.05) is 14.1 Å². The summed E-state index contributed by atoms with van der Waals surface area (Å²) in [7, 11) is 3.59. The van der Waals surface area contributed by atoms with Crippen molar-refractivity contribution in [3.05, 3.63) is 24.3 Å². The first-order valence-electron chi connectivity index (χ1n) is 4.19. The van der Waals surface area contributed by atoms with E-state index in [2.05, 4.69) is 13.0 Å². The van der Waals surface area contributed by atoms with E-state index >= 15 is 0 Å². The van der Waals surface area contributed by atoms with Crippen molar-refractivity contribution < 1.29 is 4.79 Å². The molecule has 0 aliphatic heterocycles. The minimum absolute atomic E-state index is 0.0324. The molecule has 2 unspecified atom stereocenters. The second-order valence-corrected chi connectivity index (χ2v) is 3.39. The van der Waals surface area contributed by atoms with Crippen molar-refractivity contribution in [2.24, 2.45) is 11.8 Å². The van der Waals surface area contributed by atoms with Crippen LogP contribution in [0.5, 0.6) is 0 Å². The van der Waals surface area contributed by atoms with E-state index in [0.717, 1.165) is 0 Å². The molecule has 0 radical (unpaired) electrons. The molecule has 0 aromatic heterocycles. The normalized spacial score (nSPS) is 27.2. The fourth-order valence-electron chi connectivity index (χ4n) is 1.32. The third-order valence-corrected chi connectivity index (χ3v) is 2.14. The molecule has 0 saturated heterocycles. The summed E-state index contributed by atoms with van der Waals surface area (Å²) in [6, 6.07) is 0. The highest BCUT2D eigenvalue weighted by Crippen LogP contribution is 2.20. The molecule has 0 bridgehead atoms. The molecule has 0 N–H and O–H groups in total. The van der Waals surface area contributed by atoms with Gasteiger partial charge in [0.05, 0.1) is 5.92 Å². The Morgan fingerprint density at radius 3 is 2.33 bits per heavy atom. The van der Waals surface area contributed by atoms with Crippen LogP contribution in [0.2, 0.25) is 0 Å². The summed E-state index contributed by atoms with van der Waals surface area (Å²) in [5.41, 5.74) is 0. The Morgan fingerprint density at radius 2 is 1.83 bits per heavy atom. The van der Waals surface area contributed by atoms with Crippen LogP contribution in [0.25, 0.3) is 0 Å². The summed E-state index contributed by atoms with van der Waals surface area (Å²) in [6.45, 7) is 2.06. The lowest BCUT2D eigenvalue weighted by Gasteiger charge is -2.22. The molecule has 66 valence electrons. The lowest BCUT2D eigenvalue weighted by Crippen LogP contribution is -2.32. The number of hydrogen-bond donors (Lipinski definition) is 0. The maximum atomic E-state index is 11.5. The molecule has 0 saturated carbocycles. The van der Waals surface area contributed by atoms with Crippen molar-refractivity contribution in [3.8, 4) is 0 Å². The first kappa shape index (κ1) is 9.04. The Bertz CT molecular complexity index is 228. The van der Waals surface area contributed by atoms with Crippen molar-refractivity contribution in [1.82, 2.24) is 4.90 Å². The lowest BCUT2D eigenvalue weighted by molar-refractivity contribution is -0.132. The van der Waals surface area contributed by atoms with Gasteiger partial charge in [-0.3, -0.25) is 4.79 Å². The maximum Gasteiger partial charge on any atom is 0.229 e. The standard InChI is InChI=1S/C10H15NO/c1-8-6-4-5-7-9(8)10(12)11(2)3/h4-9H,1-3H3. The molecule has 2 atom stereocenters. The first-order chi connectivity index (χ1) is 5.63. The van der Waals surface area contributed by atoms with E-state index in [0.29, 0.717) is 5.92 Å². The first-order valence-corrected chi connectivity index (χ1v) is 4.19. The van der Waals surface area contributed by atoms with Crippen molar-refractivity contribution >= 4 is 5.91 Å².